The molecule has 2 aromatic carbocycles. The SMILES string of the molecule is NCCCNc1cc(N2CCS(=O)(=O)c3ccccc3C2)nc2ccc(C(F)(F)F)cc12. The van der Waals surface area contributed by atoms with Crippen molar-refractivity contribution < 1.29 is 21.6 Å². The summed E-state index contributed by atoms with van der Waals surface area (Å²) >= 11 is 0. The number of alkyl halides is 3. The number of rotatable bonds is 5. The van der Waals surface area contributed by atoms with Crippen molar-refractivity contribution in [2.45, 2.75) is 24.0 Å². The molecule has 0 aliphatic carbocycles. The molecule has 0 bridgehead atoms. The molecule has 0 atom stereocenters. The minimum absolute atomic E-state index is 0.0767. The van der Waals surface area contributed by atoms with Crippen LogP contribution in [0.25, 0.3) is 10.9 Å². The Balaban J connectivity index is 1.79. The summed E-state index contributed by atoms with van der Waals surface area (Å²) in [5.41, 5.74) is 6.36. The Kier molecular flexibility index (Phi) is 6.00. The molecule has 0 saturated heterocycles. The first-order valence-corrected chi connectivity index (χ1v) is 11.9. The maximum atomic E-state index is 13.3. The summed E-state index contributed by atoms with van der Waals surface area (Å²) in [5.74, 6) is 0.423. The molecule has 0 fully saturated rings. The van der Waals surface area contributed by atoms with Crippen LogP contribution in [0.1, 0.15) is 17.5 Å². The number of benzene rings is 2. The zero-order chi connectivity index (χ0) is 22.9. The second kappa shape index (κ2) is 8.59. The molecular formula is C22H23F3N4O2S. The summed E-state index contributed by atoms with van der Waals surface area (Å²) in [6.45, 7) is 1.48. The maximum absolute atomic E-state index is 13.3. The number of nitrogens with one attached hydrogen (secondary N) is 1. The first kappa shape index (κ1) is 22.3. The number of aromatic nitrogens is 1. The van der Waals surface area contributed by atoms with Gasteiger partial charge in [-0.05, 0) is 42.8 Å². The molecule has 3 aromatic rings. The molecule has 1 aliphatic heterocycles. The van der Waals surface area contributed by atoms with Crippen LogP contribution >= 0.6 is 0 Å². The van der Waals surface area contributed by atoms with Gasteiger partial charge < -0.3 is 16.0 Å². The zero-order valence-electron chi connectivity index (χ0n) is 17.2. The number of anilines is 2. The van der Waals surface area contributed by atoms with E-state index in [-0.39, 0.29) is 12.3 Å². The molecule has 10 heteroatoms. The number of nitrogens with zero attached hydrogens (tertiary/aromatic N) is 2. The van der Waals surface area contributed by atoms with E-state index in [1.165, 1.54) is 6.07 Å². The largest absolute Gasteiger partial charge is 0.416 e. The average Bonchev–Trinajstić information content (AvgIpc) is 2.89. The van der Waals surface area contributed by atoms with Gasteiger partial charge in [-0.3, -0.25) is 0 Å². The van der Waals surface area contributed by atoms with E-state index in [0.717, 1.165) is 12.1 Å². The molecule has 3 N–H and O–H groups in total. The van der Waals surface area contributed by atoms with Crippen LogP contribution in [-0.4, -0.2) is 38.8 Å². The lowest BCUT2D eigenvalue weighted by atomic mass is 10.1. The van der Waals surface area contributed by atoms with E-state index in [0.29, 0.717) is 58.9 Å². The third-order valence-corrected chi connectivity index (χ3v) is 7.23. The van der Waals surface area contributed by atoms with Gasteiger partial charge in [-0.2, -0.15) is 13.2 Å². The molecule has 1 aromatic heterocycles. The third-order valence-electron chi connectivity index (χ3n) is 5.44. The number of hydrogen-bond acceptors (Lipinski definition) is 6. The Labute approximate surface area is 184 Å². The molecule has 0 saturated carbocycles. The fourth-order valence-corrected chi connectivity index (χ4v) is 5.28. The molecule has 2 heterocycles. The molecule has 1 aliphatic rings. The van der Waals surface area contributed by atoms with Gasteiger partial charge in [-0.1, -0.05) is 18.2 Å². The van der Waals surface area contributed by atoms with Crippen molar-refractivity contribution in [2.24, 2.45) is 5.73 Å². The number of pyridine rings is 1. The van der Waals surface area contributed by atoms with E-state index >= 15 is 0 Å². The normalized spacial score (nSPS) is 15.9. The molecule has 32 heavy (non-hydrogen) atoms. The lowest BCUT2D eigenvalue weighted by molar-refractivity contribution is -0.137. The minimum atomic E-state index is -4.47. The Morgan fingerprint density at radius 1 is 1.12 bits per heavy atom. The van der Waals surface area contributed by atoms with E-state index in [9.17, 15) is 21.6 Å². The van der Waals surface area contributed by atoms with Crippen LogP contribution < -0.4 is 16.0 Å². The van der Waals surface area contributed by atoms with Gasteiger partial charge in [0.2, 0.25) is 0 Å². The highest BCUT2D eigenvalue weighted by Gasteiger charge is 2.31. The predicted octanol–water partition coefficient (Wildman–Crippen LogP) is 3.81. The lowest BCUT2D eigenvalue weighted by Crippen LogP contribution is -2.26. The highest BCUT2D eigenvalue weighted by Crippen LogP contribution is 2.35. The Morgan fingerprint density at radius 2 is 1.91 bits per heavy atom. The average molecular weight is 465 g/mol. The Bertz CT molecular complexity index is 1250. The van der Waals surface area contributed by atoms with Crippen molar-refractivity contribution in [1.29, 1.82) is 0 Å². The molecule has 6 nitrogen and oxygen atoms in total. The third kappa shape index (κ3) is 4.51. The van der Waals surface area contributed by atoms with Crippen molar-refractivity contribution in [3.63, 3.8) is 0 Å². The van der Waals surface area contributed by atoms with Crippen LogP contribution in [0.4, 0.5) is 24.7 Å². The summed E-state index contributed by atoms with van der Waals surface area (Å²) in [7, 11) is -3.44. The first-order valence-electron chi connectivity index (χ1n) is 10.2. The van der Waals surface area contributed by atoms with Gasteiger partial charge in [-0.25, -0.2) is 13.4 Å². The van der Waals surface area contributed by atoms with E-state index in [4.69, 9.17) is 5.73 Å². The lowest BCUT2D eigenvalue weighted by Gasteiger charge is -2.23. The summed E-state index contributed by atoms with van der Waals surface area (Å²) in [5, 5.41) is 3.52. The van der Waals surface area contributed by atoms with Crippen molar-refractivity contribution >= 4 is 32.2 Å². The monoisotopic (exact) mass is 464 g/mol. The topological polar surface area (TPSA) is 88.3 Å². The summed E-state index contributed by atoms with van der Waals surface area (Å²) in [4.78, 5) is 6.72. The van der Waals surface area contributed by atoms with Crippen LogP contribution in [0.15, 0.2) is 53.4 Å². The summed E-state index contributed by atoms with van der Waals surface area (Å²) < 4.78 is 65.1. The molecule has 0 spiro atoms. The van der Waals surface area contributed by atoms with Gasteiger partial charge in [0.25, 0.3) is 0 Å². The standard InChI is InChI=1S/C22H23F3N4O2S/c23-22(24,25)16-6-7-18-17(12-16)19(27-9-3-8-26)13-21(28-18)29-10-11-32(30,31)20-5-2-1-4-15(20)14-29/h1-2,4-7,12-13H,3,8-11,14,26H2,(H,27,28). The predicted molar refractivity (Wildman–Crippen MR) is 118 cm³/mol. The van der Waals surface area contributed by atoms with Gasteiger partial charge >= 0.3 is 6.18 Å². The molecule has 170 valence electrons. The van der Waals surface area contributed by atoms with Gasteiger partial charge in [0.15, 0.2) is 9.84 Å². The van der Waals surface area contributed by atoms with E-state index in [1.807, 2.05) is 4.90 Å². The van der Waals surface area contributed by atoms with Crippen LogP contribution in [0, 0.1) is 0 Å². The fraction of sp³-hybridized carbons (Fsp3) is 0.318. The molecule has 0 unspecified atom stereocenters. The van der Waals surface area contributed by atoms with Crippen LogP contribution in [-0.2, 0) is 22.6 Å². The summed E-state index contributed by atoms with van der Waals surface area (Å²) in [6.07, 6.45) is -3.82. The van der Waals surface area contributed by atoms with E-state index < -0.39 is 21.6 Å². The van der Waals surface area contributed by atoms with Gasteiger partial charge in [0.1, 0.15) is 5.82 Å². The minimum Gasteiger partial charge on any atom is -0.384 e. The van der Waals surface area contributed by atoms with E-state index in [1.54, 1.807) is 30.3 Å². The number of fused-ring (bicyclic) bond motifs is 2. The number of halogens is 3. The van der Waals surface area contributed by atoms with Crippen molar-refractivity contribution in [3.8, 4) is 0 Å². The highest BCUT2D eigenvalue weighted by atomic mass is 32.2. The van der Waals surface area contributed by atoms with Crippen molar-refractivity contribution in [2.75, 3.05) is 35.6 Å². The van der Waals surface area contributed by atoms with Crippen LogP contribution in [0.5, 0.6) is 0 Å². The van der Waals surface area contributed by atoms with Gasteiger partial charge in [-0.15, -0.1) is 0 Å². The second-order valence-electron chi connectivity index (χ2n) is 7.67. The van der Waals surface area contributed by atoms with E-state index in [2.05, 4.69) is 10.3 Å². The second-order valence-corrected chi connectivity index (χ2v) is 9.75. The molecule has 0 amide bonds. The molecular weight excluding hydrogens is 441 g/mol. The highest BCUT2D eigenvalue weighted by molar-refractivity contribution is 7.91. The van der Waals surface area contributed by atoms with Crippen molar-refractivity contribution in [3.05, 3.63) is 59.7 Å². The van der Waals surface area contributed by atoms with Crippen LogP contribution in [0.3, 0.4) is 0 Å². The Hall–Kier alpha value is -2.85. The molecule has 0 radical (unpaired) electrons. The number of hydrogen-bond donors (Lipinski definition) is 2. The zero-order valence-corrected chi connectivity index (χ0v) is 18.0. The maximum Gasteiger partial charge on any atom is 0.416 e. The smallest absolute Gasteiger partial charge is 0.384 e. The Morgan fingerprint density at radius 3 is 2.66 bits per heavy atom. The van der Waals surface area contributed by atoms with Crippen molar-refractivity contribution in [1.82, 2.24) is 4.98 Å². The number of nitrogens with two attached hydrogens (primary N) is 1. The number of sulfone groups is 1. The first-order chi connectivity index (χ1) is 15.2. The van der Waals surface area contributed by atoms with Gasteiger partial charge in [0.05, 0.1) is 21.7 Å². The fourth-order valence-electron chi connectivity index (χ4n) is 3.78. The van der Waals surface area contributed by atoms with Gasteiger partial charge in [0, 0.05) is 36.8 Å². The summed E-state index contributed by atoms with van der Waals surface area (Å²) in [6, 6.07) is 12.0. The molecule has 4 rings (SSSR count). The quantitative estimate of drug-likeness (QED) is 0.559. The van der Waals surface area contributed by atoms with Crippen LogP contribution in [0.2, 0.25) is 0 Å².